The number of ketones is 1. The molecule has 0 aromatic heterocycles. The molecular weight excluding hydrogens is 430 g/mol. The minimum absolute atomic E-state index is 0.0937. The smallest absolute Gasteiger partial charge is 0.410 e. The lowest BCUT2D eigenvalue weighted by Gasteiger charge is -2.36. The number of rotatable bonds is 9. The monoisotopic (exact) mass is 470 g/mol. The van der Waals surface area contributed by atoms with Crippen LogP contribution in [0.1, 0.15) is 83.8 Å². The highest BCUT2D eigenvalue weighted by Crippen LogP contribution is 2.24. The summed E-state index contributed by atoms with van der Waals surface area (Å²) in [6, 6.07) is 7.92. The van der Waals surface area contributed by atoms with E-state index in [1.807, 2.05) is 49.9 Å². The van der Waals surface area contributed by atoms with E-state index in [1.54, 1.807) is 0 Å². The lowest BCUT2D eigenvalue weighted by atomic mass is 9.91. The second kappa shape index (κ2) is 13.2. The Labute approximate surface area is 204 Å². The number of carbonyl (C=O) groups excluding carboxylic acids is 2. The average Bonchev–Trinajstić information content (AvgIpc) is 2.74. The van der Waals surface area contributed by atoms with Gasteiger partial charge in [0.2, 0.25) is 6.54 Å². The number of nitrogens with zero attached hydrogens (tertiary/aromatic N) is 2. The fraction of sp³-hybridized carbons (Fsp3) is 0.630. The van der Waals surface area contributed by atoms with Crippen molar-refractivity contribution >= 4 is 11.9 Å². The van der Waals surface area contributed by atoms with E-state index in [-0.39, 0.29) is 30.5 Å². The van der Waals surface area contributed by atoms with Gasteiger partial charge >= 0.3 is 6.09 Å². The van der Waals surface area contributed by atoms with E-state index >= 15 is 0 Å². The summed E-state index contributed by atoms with van der Waals surface area (Å²) in [7, 11) is 0. The summed E-state index contributed by atoms with van der Waals surface area (Å²) in [6.45, 7) is 8.18. The number of benzene rings is 1. The highest BCUT2D eigenvalue weighted by Gasteiger charge is 2.30. The molecule has 1 amide bonds. The molecule has 0 atom stereocenters. The second-order valence-electron chi connectivity index (χ2n) is 10.1. The van der Waals surface area contributed by atoms with Gasteiger partial charge in [0.15, 0.2) is 6.54 Å². The second-order valence-corrected chi connectivity index (χ2v) is 10.1. The molecule has 0 unspecified atom stereocenters. The maximum atomic E-state index is 12.9. The lowest BCUT2D eigenvalue weighted by molar-refractivity contribution is -0.564. The van der Waals surface area contributed by atoms with Crippen molar-refractivity contribution in [2.75, 3.05) is 13.1 Å². The number of Topliss-reactive ketones (excluding diaryl/α,β-unsaturated/α-hetero) is 1. The van der Waals surface area contributed by atoms with Crippen molar-refractivity contribution in [1.82, 2.24) is 4.90 Å². The molecule has 1 aliphatic carbocycles. The Balaban J connectivity index is 2.01. The molecule has 1 fully saturated rings. The maximum absolute atomic E-state index is 12.9. The number of amides is 1. The van der Waals surface area contributed by atoms with Crippen molar-refractivity contribution in [2.24, 2.45) is 5.73 Å². The van der Waals surface area contributed by atoms with E-state index in [2.05, 4.69) is 11.8 Å². The largest absolute Gasteiger partial charge is 0.444 e. The Morgan fingerprint density at radius 1 is 1.18 bits per heavy atom. The third-order valence-electron chi connectivity index (χ3n) is 5.81. The van der Waals surface area contributed by atoms with E-state index in [4.69, 9.17) is 10.5 Å². The first-order chi connectivity index (χ1) is 16.0. The van der Waals surface area contributed by atoms with Gasteiger partial charge in [0, 0.05) is 58.7 Å². The molecule has 2 N–H and O–H groups in total. The van der Waals surface area contributed by atoms with Gasteiger partial charge in [-0.15, -0.1) is 0 Å². The van der Waals surface area contributed by atoms with Crippen LogP contribution in [0.2, 0.25) is 0 Å². The number of carbonyl (C=O) groups is 2. The van der Waals surface area contributed by atoms with Crippen LogP contribution in [0.15, 0.2) is 24.3 Å². The molecule has 1 aromatic rings. The summed E-state index contributed by atoms with van der Waals surface area (Å²) in [5, 5.41) is 0. The molecule has 186 valence electrons. The van der Waals surface area contributed by atoms with Crippen molar-refractivity contribution in [1.29, 1.82) is 0 Å². The van der Waals surface area contributed by atoms with Gasteiger partial charge in [-0.1, -0.05) is 30.0 Å². The zero-order valence-corrected chi connectivity index (χ0v) is 21.1. The predicted octanol–water partition coefficient (Wildman–Crippen LogP) is 4.58. The molecule has 0 bridgehead atoms. The van der Waals surface area contributed by atoms with Crippen LogP contribution in [0.5, 0.6) is 0 Å². The van der Waals surface area contributed by atoms with Crippen molar-refractivity contribution < 1.29 is 19.1 Å². The Hall–Kier alpha value is -2.72. The number of ether oxygens (including phenoxy) is 1. The number of hydrogen-bond donors (Lipinski definition) is 1. The van der Waals surface area contributed by atoms with Crippen molar-refractivity contribution in [3.63, 3.8) is 0 Å². The van der Waals surface area contributed by atoms with Gasteiger partial charge in [-0.3, -0.25) is 0 Å². The Morgan fingerprint density at radius 3 is 2.50 bits per heavy atom. The van der Waals surface area contributed by atoms with Crippen LogP contribution in [-0.2, 0) is 16.1 Å². The molecule has 1 aromatic carbocycles. The van der Waals surface area contributed by atoms with Gasteiger partial charge in [0.1, 0.15) is 11.4 Å². The average molecular weight is 471 g/mol. The summed E-state index contributed by atoms with van der Waals surface area (Å²) >= 11 is 0. The molecule has 0 heterocycles. The van der Waals surface area contributed by atoms with E-state index in [1.165, 1.54) is 6.92 Å². The van der Waals surface area contributed by atoms with Crippen LogP contribution >= 0.6 is 0 Å². The Morgan fingerprint density at radius 2 is 1.85 bits per heavy atom. The number of hydrogen-bond acceptors (Lipinski definition) is 5. The van der Waals surface area contributed by atoms with Crippen LogP contribution in [0, 0.1) is 16.7 Å². The van der Waals surface area contributed by atoms with E-state index in [9.17, 15) is 14.5 Å². The molecule has 7 nitrogen and oxygen atoms in total. The molecule has 0 radical (unpaired) electrons. The molecule has 0 saturated heterocycles. The topological polar surface area (TPSA) is 92.7 Å². The fourth-order valence-corrected chi connectivity index (χ4v) is 4.04. The quantitative estimate of drug-likeness (QED) is 0.421. The SMILES string of the molecule is CC(=O)CCC[N+](=O)Cc1ccccc1C#CCCN(C(=O)OC(C)(C)C)C1CCC(N)CC1. The van der Waals surface area contributed by atoms with Gasteiger partial charge in [-0.2, -0.15) is 0 Å². The zero-order chi connectivity index (χ0) is 25.1. The zero-order valence-electron chi connectivity index (χ0n) is 21.1. The first-order valence-corrected chi connectivity index (χ1v) is 12.3. The van der Waals surface area contributed by atoms with Gasteiger partial charge in [-0.25, -0.2) is 4.79 Å². The molecule has 2 rings (SSSR count). The first kappa shape index (κ1) is 27.5. The molecular formula is C27H40N3O4+. The summed E-state index contributed by atoms with van der Waals surface area (Å²) in [5.41, 5.74) is 7.16. The van der Waals surface area contributed by atoms with Gasteiger partial charge in [0.05, 0.1) is 0 Å². The Bertz CT molecular complexity index is 902. The minimum Gasteiger partial charge on any atom is -0.444 e. The third-order valence-corrected chi connectivity index (χ3v) is 5.81. The highest BCUT2D eigenvalue weighted by atomic mass is 16.6. The molecule has 7 heteroatoms. The normalized spacial score (nSPS) is 17.9. The van der Waals surface area contributed by atoms with E-state index < -0.39 is 5.60 Å². The minimum atomic E-state index is -0.556. The van der Waals surface area contributed by atoms with E-state index in [0.717, 1.165) is 41.6 Å². The van der Waals surface area contributed by atoms with Crippen LogP contribution in [0.4, 0.5) is 4.79 Å². The fourth-order valence-electron chi connectivity index (χ4n) is 4.04. The summed E-state index contributed by atoms with van der Waals surface area (Å²) in [4.78, 5) is 38.0. The molecule has 0 spiro atoms. The highest BCUT2D eigenvalue weighted by molar-refractivity contribution is 5.75. The number of nitrogens with two attached hydrogens (primary N) is 1. The van der Waals surface area contributed by atoms with Crippen LogP contribution in [0.3, 0.4) is 0 Å². The van der Waals surface area contributed by atoms with E-state index in [0.29, 0.717) is 32.4 Å². The summed E-state index contributed by atoms with van der Waals surface area (Å²) < 4.78 is 6.62. The van der Waals surface area contributed by atoms with Gasteiger partial charge in [-0.05, 0) is 59.4 Å². The number of nitroso groups, excluding NO2 is 1. The van der Waals surface area contributed by atoms with Crippen molar-refractivity contribution in [2.45, 2.75) is 96.9 Å². The Kier molecular flexibility index (Phi) is 10.7. The maximum Gasteiger partial charge on any atom is 0.410 e. The van der Waals surface area contributed by atoms with Crippen LogP contribution in [-0.4, -0.2) is 52.3 Å². The lowest BCUT2D eigenvalue weighted by Crippen LogP contribution is -2.46. The molecule has 0 aliphatic heterocycles. The summed E-state index contributed by atoms with van der Waals surface area (Å²) in [6.07, 6.45) is 4.74. The summed E-state index contributed by atoms with van der Waals surface area (Å²) in [5.74, 6) is 6.45. The molecule has 1 saturated carbocycles. The van der Waals surface area contributed by atoms with Crippen molar-refractivity contribution in [3.8, 4) is 11.8 Å². The van der Waals surface area contributed by atoms with Crippen molar-refractivity contribution in [3.05, 3.63) is 40.3 Å². The molecule has 34 heavy (non-hydrogen) atoms. The van der Waals surface area contributed by atoms with Gasteiger partial charge < -0.3 is 20.2 Å². The third kappa shape index (κ3) is 10.0. The standard InChI is InChI=1S/C27H40N3O4/c1-21(31)10-9-18-29(33)20-23-13-6-5-11-22(23)12-7-8-19-30(26(32)34-27(2,3)4)25-16-14-24(28)15-17-25/h5-6,11,13,24-25H,8-10,14-20,28H2,1-4H3/q+1. The molecule has 1 aliphatic rings. The van der Waals surface area contributed by atoms with Gasteiger partial charge in [0.25, 0.3) is 0 Å². The predicted molar refractivity (Wildman–Crippen MR) is 133 cm³/mol. The van der Waals surface area contributed by atoms with Crippen LogP contribution in [0.25, 0.3) is 0 Å². The van der Waals surface area contributed by atoms with Crippen LogP contribution < -0.4 is 5.73 Å². The first-order valence-electron chi connectivity index (χ1n) is 12.3.